The second kappa shape index (κ2) is 5.65. The molecule has 18 heavy (non-hydrogen) atoms. The van der Waals surface area contributed by atoms with Crippen molar-refractivity contribution in [2.75, 3.05) is 0 Å². The van der Waals surface area contributed by atoms with Crippen molar-refractivity contribution < 1.29 is 4.79 Å². The molecular formula is C11H9Cl2N3OS. The average Bonchev–Trinajstić information content (AvgIpc) is 2.85. The maximum absolute atomic E-state index is 12.0. The third-order valence-corrected chi connectivity index (χ3v) is 3.52. The van der Waals surface area contributed by atoms with Crippen molar-refractivity contribution in [2.45, 2.75) is 13.0 Å². The fourth-order valence-corrected chi connectivity index (χ4v) is 2.47. The standard InChI is InChI=1S/C11H9Cl2N3OS/c1-6(7-2-3-18-5-7)14-11(17)8-4-9(12)15-16-10(8)13/h2-6H,1H3,(H,14,17). The molecule has 4 nitrogen and oxygen atoms in total. The van der Waals surface area contributed by atoms with Gasteiger partial charge in [-0.15, -0.1) is 10.2 Å². The van der Waals surface area contributed by atoms with Crippen LogP contribution in [0.1, 0.15) is 28.9 Å². The Hall–Kier alpha value is -1.17. The van der Waals surface area contributed by atoms with Gasteiger partial charge in [0.05, 0.1) is 11.6 Å². The van der Waals surface area contributed by atoms with Crippen LogP contribution < -0.4 is 5.32 Å². The van der Waals surface area contributed by atoms with E-state index in [2.05, 4.69) is 15.5 Å². The molecule has 0 saturated carbocycles. The van der Waals surface area contributed by atoms with Gasteiger partial charge in [0.2, 0.25) is 0 Å². The van der Waals surface area contributed by atoms with Crippen LogP contribution in [-0.2, 0) is 0 Å². The molecule has 0 aliphatic rings. The van der Waals surface area contributed by atoms with Crippen molar-refractivity contribution in [3.63, 3.8) is 0 Å². The average molecular weight is 302 g/mol. The predicted molar refractivity (Wildman–Crippen MR) is 72.3 cm³/mol. The zero-order chi connectivity index (χ0) is 13.1. The van der Waals surface area contributed by atoms with Gasteiger partial charge in [0.1, 0.15) is 0 Å². The summed E-state index contributed by atoms with van der Waals surface area (Å²) in [5.74, 6) is -0.324. The molecule has 0 aliphatic heterocycles. The van der Waals surface area contributed by atoms with Gasteiger partial charge < -0.3 is 5.32 Å². The molecule has 2 heterocycles. The molecule has 0 aliphatic carbocycles. The first-order valence-corrected chi connectivity index (χ1v) is 6.79. The molecule has 0 radical (unpaired) electrons. The molecule has 0 bridgehead atoms. The SMILES string of the molecule is CC(NC(=O)c1cc(Cl)nnc1Cl)c1ccsc1. The summed E-state index contributed by atoms with van der Waals surface area (Å²) in [7, 11) is 0. The summed E-state index contributed by atoms with van der Waals surface area (Å²) in [6.07, 6.45) is 0. The fraction of sp³-hybridized carbons (Fsp3) is 0.182. The van der Waals surface area contributed by atoms with Crippen LogP contribution in [0.25, 0.3) is 0 Å². The van der Waals surface area contributed by atoms with Crippen molar-refractivity contribution in [1.29, 1.82) is 0 Å². The number of rotatable bonds is 3. The largest absolute Gasteiger partial charge is 0.345 e. The van der Waals surface area contributed by atoms with E-state index in [1.165, 1.54) is 6.07 Å². The highest BCUT2D eigenvalue weighted by Crippen LogP contribution is 2.19. The van der Waals surface area contributed by atoms with Crippen molar-refractivity contribution in [3.05, 3.63) is 44.3 Å². The molecule has 2 rings (SSSR count). The number of aromatic nitrogens is 2. The highest BCUT2D eigenvalue weighted by atomic mass is 35.5. The van der Waals surface area contributed by atoms with Gasteiger partial charge in [-0.05, 0) is 35.4 Å². The van der Waals surface area contributed by atoms with E-state index in [1.54, 1.807) is 11.3 Å². The van der Waals surface area contributed by atoms with Crippen molar-refractivity contribution in [2.24, 2.45) is 0 Å². The molecule has 0 aromatic carbocycles. The Morgan fingerprint density at radius 1 is 1.44 bits per heavy atom. The zero-order valence-corrected chi connectivity index (χ0v) is 11.7. The van der Waals surface area contributed by atoms with Gasteiger partial charge in [0.25, 0.3) is 5.91 Å². The molecule has 7 heteroatoms. The van der Waals surface area contributed by atoms with Crippen molar-refractivity contribution in [3.8, 4) is 0 Å². The van der Waals surface area contributed by atoms with Gasteiger partial charge in [-0.2, -0.15) is 11.3 Å². The molecular weight excluding hydrogens is 293 g/mol. The van der Waals surface area contributed by atoms with E-state index in [0.29, 0.717) is 0 Å². The van der Waals surface area contributed by atoms with Crippen LogP contribution in [0.2, 0.25) is 10.3 Å². The molecule has 1 N–H and O–H groups in total. The number of amides is 1. The summed E-state index contributed by atoms with van der Waals surface area (Å²) in [4.78, 5) is 12.0. The molecule has 1 atom stereocenters. The van der Waals surface area contributed by atoms with Crippen LogP contribution in [0.5, 0.6) is 0 Å². The molecule has 0 saturated heterocycles. The van der Waals surface area contributed by atoms with Gasteiger partial charge in [-0.1, -0.05) is 23.2 Å². The van der Waals surface area contributed by atoms with Gasteiger partial charge in [0, 0.05) is 0 Å². The van der Waals surface area contributed by atoms with Crippen LogP contribution in [0.4, 0.5) is 0 Å². The third kappa shape index (κ3) is 2.98. The number of carbonyl (C=O) groups excluding carboxylic acids is 1. The molecule has 2 aromatic heterocycles. The predicted octanol–water partition coefficient (Wildman–Crippen LogP) is 3.34. The fourth-order valence-electron chi connectivity index (χ4n) is 1.39. The van der Waals surface area contributed by atoms with E-state index < -0.39 is 0 Å². The highest BCUT2D eigenvalue weighted by Gasteiger charge is 2.16. The lowest BCUT2D eigenvalue weighted by molar-refractivity contribution is 0.0939. The molecule has 1 unspecified atom stereocenters. The Morgan fingerprint density at radius 2 is 2.22 bits per heavy atom. The summed E-state index contributed by atoms with van der Waals surface area (Å²) in [6, 6.07) is 3.24. The van der Waals surface area contributed by atoms with E-state index in [-0.39, 0.29) is 27.8 Å². The Kier molecular flexibility index (Phi) is 4.16. The summed E-state index contributed by atoms with van der Waals surface area (Å²) in [6.45, 7) is 1.89. The van der Waals surface area contributed by atoms with Crippen molar-refractivity contribution in [1.82, 2.24) is 15.5 Å². The van der Waals surface area contributed by atoms with E-state index in [4.69, 9.17) is 23.2 Å². The summed E-state index contributed by atoms with van der Waals surface area (Å²) in [5, 5.41) is 14.1. The maximum atomic E-state index is 12.0. The Morgan fingerprint density at radius 3 is 2.89 bits per heavy atom. The first-order valence-electron chi connectivity index (χ1n) is 5.09. The van der Waals surface area contributed by atoms with Crippen LogP contribution in [0.3, 0.4) is 0 Å². The number of halogens is 2. The zero-order valence-electron chi connectivity index (χ0n) is 9.35. The molecule has 2 aromatic rings. The lowest BCUT2D eigenvalue weighted by Crippen LogP contribution is -2.27. The summed E-state index contributed by atoms with van der Waals surface area (Å²) < 4.78 is 0. The number of nitrogens with zero attached hydrogens (tertiary/aromatic N) is 2. The minimum Gasteiger partial charge on any atom is -0.345 e. The number of nitrogens with one attached hydrogen (secondary N) is 1. The number of thiophene rings is 1. The Balaban J connectivity index is 2.15. The van der Waals surface area contributed by atoms with E-state index in [1.807, 2.05) is 23.8 Å². The summed E-state index contributed by atoms with van der Waals surface area (Å²) >= 11 is 13.1. The lowest BCUT2D eigenvalue weighted by atomic mass is 10.1. The minimum absolute atomic E-state index is 0.0365. The lowest BCUT2D eigenvalue weighted by Gasteiger charge is -2.12. The molecule has 0 spiro atoms. The van der Waals surface area contributed by atoms with Crippen molar-refractivity contribution >= 4 is 40.4 Å². The van der Waals surface area contributed by atoms with Gasteiger partial charge in [0.15, 0.2) is 10.3 Å². The quantitative estimate of drug-likeness (QED) is 0.946. The van der Waals surface area contributed by atoms with Crippen LogP contribution in [-0.4, -0.2) is 16.1 Å². The first kappa shape index (κ1) is 13.3. The van der Waals surface area contributed by atoms with E-state index in [0.717, 1.165) is 5.56 Å². The molecule has 0 fully saturated rings. The van der Waals surface area contributed by atoms with Gasteiger partial charge >= 0.3 is 0 Å². The number of hydrogen-bond acceptors (Lipinski definition) is 4. The summed E-state index contributed by atoms with van der Waals surface area (Å²) in [5.41, 5.74) is 1.26. The van der Waals surface area contributed by atoms with Crippen LogP contribution in [0.15, 0.2) is 22.9 Å². The smallest absolute Gasteiger partial charge is 0.255 e. The topological polar surface area (TPSA) is 54.9 Å². The normalized spacial score (nSPS) is 12.2. The molecule has 94 valence electrons. The van der Waals surface area contributed by atoms with Crippen LogP contribution in [0, 0.1) is 0 Å². The monoisotopic (exact) mass is 301 g/mol. The Labute approximate surface area is 118 Å². The minimum atomic E-state index is -0.324. The van der Waals surface area contributed by atoms with E-state index in [9.17, 15) is 4.79 Å². The Bertz CT molecular complexity index is 559. The van der Waals surface area contributed by atoms with Gasteiger partial charge in [-0.25, -0.2) is 0 Å². The van der Waals surface area contributed by atoms with E-state index >= 15 is 0 Å². The number of carbonyl (C=O) groups is 1. The van der Waals surface area contributed by atoms with Gasteiger partial charge in [-0.3, -0.25) is 4.79 Å². The molecule has 1 amide bonds. The highest BCUT2D eigenvalue weighted by molar-refractivity contribution is 7.07. The first-order chi connectivity index (χ1) is 8.58. The third-order valence-electron chi connectivity index (χ3n) is 2.35. The second-order valence-electron chi connectivity index (χ2n) is 3.62. The maximum Gasteiger partial charge on any atom is 0.255 e. The second-order valence-corrected chi connectivity index (χ2v) is 5.15. The number of hydrogen-bond donors (Lipinski definition) is 1. The van der Waals surface area contributed by atoms with Crippen LogP contribution >= 0.6 is 34.5 Å².